The SMILES string of the molecule is c1ccc(-c2ccccc2-c2ccc(-n3c4ccccc4c4ccc(N(c5ccccc5)c5ccccc5-c5ccccc5)cc43)c(-c3ccccc3)c2)cc1. The molecular weight excluding hydrogens is 677 g/mol. The Labute approximate surface area is 327 Å². The topological polar surface area (TPSA) is 8.17 Å². The van der Waals surface area contributed by atoms with Gasteiger partial charge in [0.25, 0.3) is 0 Å². The van der Waals surface area contributed by atoms with Crippen molar-refractivity contribution in [2.75, 3.05) is 4.90 Å². The smallest absolute Gasteiger partial charge is 0.0562 e. The number of anilines is 3. The van der Waals surface area contributed by atoms with E-state index in [1.165, 1.54) is 60.8 Å². The molecule has 0 saturated heterocycles. The van der Waals surface area contributed by atoms with Crippen LogP contribution in [0.4, 0.5) is 17.1 Å². The van der Waals surface area contributed by atoms with Crippen molar-refractivity contribution in [3.63, 3.8) is 0 Å². The predicted octanol–water partition coefficient (Wildman–Crippen LogP) is 14.9. The summed E-state index contributed by atoms with van der Waals surface area (Å²) in [4.78, 5) is 2.39. The van der Waals surface area contributed by atoms with Gasteiger partial charge in [0.15, 0.2) is 0 Å². The summed E-state index contributed by atoms with van der Waals surface area (Å²) in [5.74, 6) is 0. The maximum absolute atomic E-state index is 2.47. The monoisotopic (exact) mass is 714 g/mol. The largest absolute Gasteiger partial charge is 0.310 e. The lowest BCUT2D eigenvalue weighted by Gasteiger charge is -2.28. The molecule has 0 bridgehead atoms. The Morgan fingerprint density at radius 1 is 0.286 bits per heavy atom. The van der Waals surface area contributed by atoms with E-state index in [0.717, 1.165) is 28.3 Å². The van der Waals surface area contributed by atoms with Crippen LogP contribution in [0.5, 0.6) is 0 Å². The Hall–Kier alpha value is -7.42. The van der Waals surface area contributed by atoms with Crippen molar-refractivity contribution in [2.24, 2.45) is 0 Å². The van der Waals surface area contributed by atoms with Gasteiger partial charge < -0.3 is 9.47 Å². The molecule has 0 aliphatic heterocycles. The molecule has 0 spiro atoms. The van der Waals surface area contributed by atoms with Gasteiger partial charge in [-0.25, -0.2) is 0 Å². The first kappa shape index (κ1) is 33.2. The average Bonchev–Trinajstić information content (AvgIpc) is 3.61. The number of para-hydroxylation sites is 3. The highest BCUT2D eigenvalue weighted by molar-refractivity contribution is 6.11. The van der Waals surface area contributed by atoms with Crippen LogP contribution < -0.4 is 4.90 Å². The van der Waals surface area contributed by atoms with E-state index in [1.807, 2.05) is 0 Å². The summed E-state index contributed by atoms with van der Waals surface area (Å²) in [7, 11) is 0. The lowest BCUT2D eigenvalue weighted by molar-refractivity contribution is 1.18. The molecular formula is C54H38N2. The Morgan fingerprint density at radius 3 is 1.46 bits per heavy atom. The van der Waals surface area contributed by atoms with Crippen LogP contribution in [0.2, 0.25) is 0 Å². The van der Waals surface area contributed by atoms with Gasteiger partial charge >= 0.3 is 0 Å². The molecule has 0 N–H and O–H groups in total. The third kappa shape index (κ3) is 5.95. The molecule has 0 amide bonds. The lowest BCUT2D eigenvalue weighted by atomic mass is 9.92. The second-order valence-electron chi connectivity index (χ2n) is 14.1. The van der Waals surface area contributed by atoms with E-state index in [2.05, 4.69) is 240 Å². The van der Waals surface area contributed by atoms with Crippen LogP contribution >= 0.6 is 0 Å². The zero-order chi connectivity index (χ0) is 37.3. The van der Waals surface area contributed by atoms with Crippen LogP contribution in [0.1, 0.15) is 0 Å². The average molecular weight is 715 g/mol. The molecule has 0 unspecified atom stereocenters. The molecule has 0 fully saturated rings. The Kier molecular flexibility index (Phi) is 8.55. The van der Waals surface area contributed by atoms with E-state index in [4.69, 9.17) is 0 Å². The highest BCUT2D eigenvalue weighted by atomic mass is 15.1. The van der Waals surface area contributed by atoms with Gasteiger partial charge in [0.05, 0.1) is 22.4 Å². The minimum Gasteiger partial charge on any atom is -0.310 e. The molecule has 0 saturated carbocycles. The van der Waals surface area contributed by atoms with Gasteiger partial charge in [-0.1, -0.05) is 182 Å². The molecule has 56 heavy (non-hydrogen) atoms. The van der Waals surface area contributed by atoms with Crippen LogP contribution in [0, 0.1) is 0 Å². The summed E-state index contributed by atoms with van der Waals surface area (Å²) >= 11 is 0. The lowest BCUT2D eigenvalue weighted by Crippen LogP contribution is -2.11. The number of nitrogens with zero attached hydrogens (tertiary/aromatic N) is 2. The Morgan fingerprint density at radius 2 is 0.786 bits per heavy atom. The Bertz CT molecular complexity index is 2950. The highest BCUT2D eigenvalue weighted by Gasteiger charge is 2.21. The maximum atomic E-state index is 2.47. The molecule has 0 aliphatic rings. The van der Waals surface area contributed by atoms with Crippen LogP contribution in [-0.4, -0.2) is 4.57 Å². The van der Waals surface area contributed by atoms with Gasteiger partial charge in [-0.3, -0.25) is 0 Å². The van der Waals surface area contributed by atoms with E-state index < -0.39 is 0 Å². The molecule has 9 aromatic carbocycles. The number of aromatic nitrogens is 1. The van der Waals surface area contributed by atoms with E-state index in [-0.39, 0.29) is 0 Å². The fourth-order valence-electron chi connectivity index (χ4n) is 8.24. The van der Waals surface area contributed by atoms with E-state index in [9.17, 15) is 0 Å². The third-order valence-electron chi connectivity index (χ3n) is 10.8. The molecule has 264 valence electrons. The molecule has 1 aromatic heterocycles. The fraction of sp³-hybridized carbons (Fsp3) is 0. The molecule has 2 heteroatoms. The zero-order valence-electron chi connectivity index (χ0n) is 30.8. The Balaban J connectivity index is 1.22. The molecule has 0 atom stereocenters. The minimum atomic E-state index is 1.09. The minimum absolute atomic E-state index is 1.09. The van der Waals surface area contributed by atoms with Gasteiger partial charge in [-0.05, 0) is 81.9 Å². The van der Waals surface area contributed by atoms with Gasteiger partial charge in [0, 0.05) is 33.3 Å². The van der Waals surface area contributed by atoms with Crippen molar-refractivity contribution in [1.29, 1.82) is 0 Å². The quantitative estimate of drug-likeness (QED) is 0.152. The summed E-state index contributed by atoms with van der Waals surface area (Å²) in [6, 6.07) is 83.1. The number of fused-ring (bicyclic) bond motifs is 3. The first-order valence-corrected chi connectivity index (χ1v) is 19.2. The number of rotatable bonds is 8. The van der Waals surface area contributed by atoms with Gasteiger partial charge in [-0.15, -0.1) is 0 Å². The first-order valence-electron chi connectivity index (χ1n) is 19.2. The summed E-state index contributed by atoms with van der Waals surface area (Å²) in [5, 5.41) is 2.44. The van der Waals surface area contributed by atoms with E-state index in [0.29, 0.717) is 0 Å². The standard InChI is InChI=1S/C54H38N2/c1-5-19-39(20-6-1)45-27-13-14-28-46(45)42-33-36-53(50(37-42)41-23-9-3-10-24-41)56-52-32-18-16-30-48(52)49-35-34-44(38-54(49)56)55(43-25-11-4-12-26-43)51-31-17-15-29-47(51)40-21-7-2-8-22-40/h1-38H. The molecule has 1 heterocycles. The highest BCUT2D eigenvalue weighted by Crippen LogP contribution is 2.44. The van der Waals surface area contributed by atoms with Gasteiger partial charge in [-0.2, -0.15) is 0 Å². The second kappa shape index (κ2) is 14.4. The van der Waals surface area contributed by atoms with Crippen molar-refractivity contribution >= 4 is 38.9 Å². The number of hydrogen-bond acceptors (Lipinski definition) is 1. The van der Waals surface area contributed by atoms with Crippen molar-refractivity contribution in [3.05, 3.63) is 231 Å². The molecule has 10 rings (SSSR count). The van der Waals surface area contributed by atoms with Crippen LogP contribution in [0.25, 0.3) is 72.0 Å². The second-order valence-corrected chi connectivity index (χ2v) is 14.1. The van der Waals surface area contributed by atoms with Crippen LogP contribution in [-0.2, 0) is 0 Å². The van der Waals surface area contributed by atoms with Crippen LogP contribution in [0.3, 0.4) is 0 Å². The number of benzene rings is 9. The normalized spacial score (nSPS) is 11.2. The zero-order valence-corrected chi connectivity index (χ0v) is 30.8. The molecule has 0 radical (unpaired) electrons. The maximum Gasteiger partial charge on any atom is 0.0562 e. The van der Waals surface area contributed by atoms with Crippen molar-refractivity contribution in [2.45, 2.75) is 0 Å². The summed E-state index contributed by atoms with van der Waals surface area (Å²) in [5.41, 5.74) is 16.3. The van der Waals surface area contributed by atoms with Crippen molar-refractivity contribution < 1.29 is 0 Å². The number of hydrogen-bond donors (Lipinski definition) is 0. The van der Waals surface area contributed by atoms with Crippen LogP contribution in [0.15, 0.2) is 231 Å². The summed E-state index contributed by atoms with van der Waals surface area (Å²) < 4.78 is 2.47. The summed E-state index contributed by atoms with van der Waals surface area (Å²) in [6.45, 7) is 0. The van der Waals surface area contributed by atoms with E-state index >= 15 is 0 Å². The van der Waals surface area contributed by atoms with E-state index in [1.54, 1.807) is 0 Å². The van der Waals surface area contributed by atoms with Crippen molar-refractivity contribution in [1.82, 2.24) is 4.57 Å². The first-order chi connectivity index (χ1) is 27.8. The molecule has 2 nitrogen and oxygen atoms in total. The van der Waals surface area contributed by atoms with Gasteiger partial charge in [0.1, 0.15) is 0 Å². The molecule has 0 aliphatic carbocycles. The van der Waals surface area contributed by atoms with Crippen molar-refractivity contribution in [3.8, 4) is 50.2 Å². The van der Waals surface area contributed by atoms with Gasteiger partial charge in [0.2, 0.25) is 0 Å². The third-order valence-corrected chi connectivity index (χ3v) is 10.8. The molecule has 10 aromatic rings. The fourth-order valence-corrected chi connectivity index (χ4v) is 8.24. The summed E-state index contributed by atoms with van der Waals surface area (Å²) in [6.07, 6.45) is 0. The predicted molar refractivity (Wildman–Crippen MR) is 237 cm³/mol.